The van der Waals surface area contributed by atoms with E-state index in [0.717, 1.165) is 37.3 Å². The first kappa shape index (κ1) is 13.1. The van der Waals surface area contributed by atoms with Crippen molar-refractivity contribution in [3.63, 3.8) is 0 Å². The maximum Gasteiger partial charge on any atom is 0.128 e. The van der Waals surface area contributed by atoms with Crippen molar-refractivity contribution in [2.75, 3.05) is 18.0 Å². The molecule has 2 N–H and O–H groups in total. The predicted octanol–water partition coefficient (Wildman–Crippen LogP) is 2.32. The molecule has 4 heteroatoms. The van der Waals surface area contributed by atoms with Crippen LogP contribution in [-0.2, 0) is 12.8 Å². The van der Waals surface area contributed by atoms with Crippen molar-refractivity contribution >= 4 is 23.0 Å². The van der Waals surface area contributed by atoms with Gasteiger partial charge in [-0.25, -0.2) is 4.98 Å². The molecule has 2 heterocycles. The van der Waals surface area contributed by atoms with E-state index in [9.17, 15) is 0 Å². The summed E-state index contributed by atoms with van der Waals surface area (Å²) in [5, 5.41) is 0. The predicted molar refractivity (Wildman–Crippen MR) is 86.2 cm³/mol. The third-order valence-electron chi connectivity index (χ3n) is 3.78. The number of anilines is 1. The highest BCUT2D eigenvalue weighted by Crippen LogP contribution is 2.19. The lowest BCUT2D eigenvalue weighted by Crippen LogP contribution is -2.27. The number of hydrogen-bond donors (Lipinski definition) is 1. The van der Waals surface area contributed by atoms with Gasteiger partial charge in [-0.05, 0) is 36.1 Å². The molecule has 1 aliphatic heterocycles. The summed E-state index contributed by atoms with van der Waals surface area (Å²) in [7, 11) is 0. The molecule has 0 fully saturated rings. The Labute approximate surface area is 124 Å². The van der Waals surface area contributed by atoms with Crippen LogP contribution in [0.3, 0.4) is 0 Å². The van der Waals surface area contributed by atoms with Crippen LogP contribution in [0.2, 0.25) is 0 Å². The van der Waals surface area contributed by atoms with E-state index >= 15 is 0 Å². The van der Waals surface area contributed by atoms with Gasteiger partial charge in [0.2, 0.25) is 0 Å². The van der Waals surface area contributed by atoms with Crippen molar-refractivity contribution in [2.45, 2.75) is 12.8 Å². The molecule has 0 saturated carbocycles. The zero-order valence-corrected chi connectivity index (χ0v) is 12.1. The number of fused-ring (bicyclic) bond motifs is 1. The summed E-state index contributed by atoms with van der Waals surface area (Å²) in [6.45, 7) is 1.99. The Morgan fingerprint density at radius 1 is 1.05 bits per heavy atom. The van der Waals surface area contributed by atoms with Gasteiger partial charge in [0.05, 0.1) is 0 Å². The van der Waals surface area contributed by atoms with Crippen LogP contribution < -0.4 is 10.6 Å². The number of nitrogens with two attached hydrogens (primary N) is 1. The van der Waals surface area contributed by atoms with E-state index in [1.165, 1.54) is 11.1 Å². The van der Waals surface area contributed by atoms with Gasteiger partial charge < -0.3 is 10.6 Å². The number of pyridine rings is 1. The molecule has 0 radical (unpaired) electrons. The van der Waals surface area contributed by atoms with Crippen LogP contribution >= 0.6 is 12.2 Å². The fourth-order valence-electron chi connectivity index (χ4n) is 2.62. The monoisotopic (exact) mass is 283 g/mol. The second-order valence-electron chi connectivity index (χ2n) is 5.03. The minimum Gasteiger partial charge on any atom is -0.389 e. The summed E-state index contributed by atoms with van der Waals surface area (Å²) in [6, 6.07) is 12.6. The highest BCUT2D eigenvalue weighted by atomic mass is 32.1. The summed E-state index contributed by atoms with van der Waals surface area (Å²) in [4.78, 5) is 7.20. The van der Waals surface area contributed by atoms with E-state index in [1.54, 1.807) is 6.20 Å². The molecule has 20 heavy (non-hydrogen) atoms. The van der Waals surface area contributed by atoms with E-state index in [-0.39, 0.29) is 0 Å². The molecule has 0 atom stereocenters. The van der Waals surface area contributed by atoms with Crippen LogP contribution in [0, 0.1) is 0 Å². The lowest BCUT2D eigenvalue weighted by Gasteiger charge is -2.21. The van der Waals surface area contributed by atoms with Gasteiger partial charge in [-0.15, -0.1) is 0 Å². The fraction of sp³-hybridized carbons (Fsp3) is 0.250. The average Bonchev–Trinajstić information content (AvgIpc) is 2.70. The Hall–Kier alpha value is -1.94. The third-order valence-corrected chi connectivity index (χ3v) is 4.01. The second kappa shape index (κ2) is 5.59. The molecular weight excluding hydrogens is 266 g/mol. The minimum absolute atomic E-state index is 0.396. The Morgan fingerprint density at radius 2 is 1.70 bits per heavy atom. The number of rotatable bonds is 2. The molecular formula is C16H17N3S. The van der Waals surface area contributed by atoms with Crippen molar-refractivity contribution in [1.82, 2.24) is 4.98 Å². The largest absolute Gasteiger partial charge is 0.389 e. The van der Waals surface area contributed by atoms with Crippen molar-refractivity contribution < 1.29 is 0 Å². The molecule has 0 spiro atoms. The molecule has 0 aliphatic carbocycles. The molecule has 0 unspecified atom stereocenters. The van der Waals surface area contributed by atoms with Crippen LogP contribution in [0.5, 0.6) is 0 Å². The van der Waals surface area contributed by atoms with E-state index in [4.69, 9.17) is 18.0 Å². The van der Waals surface area contributed by atoms with Gasteiger partial charge in [0.15, 0.2) is 0 Å². The summed E-state index contributed by atoms with van der Waals surface area (Å²) < 4.78 is 0. The number of hydrogen-bond acceptors (Lipinski definition) is 3. The molecule has 0 bridgehead atoms. The minimum atomic E-state index is 0.396. The number of aromatic nitrogens is 1. The van der Waals surface area contributed by atoms with Gasteiger partial charge >= 0.3 is 0 Å². The Morgan fingerprint density at radius 3 is 2.20 bits per heavy atom. The molecule has 0 saturated heterocycles. The van der Waals surface area contributed by atoms with Gasteiger partial charge in [0.25, 0.3) is 0 Å². The number of nitrogens with zero attached hydrogens (tertiary/aromatic N) is 2. The lowest BCUT2D eigenvalue weighted by atomic mass is 10.0. The highest BCUT2D eigenvalue weighted by molar-refractivity contribution is 7.80. The van der Waals surface area contributed by atoms with Gasteiger partial charge in [-0.3, -0.25) is 0 Å². The smallest absolute Gasteiger partial charge is 0.128 e. The molecule has 3 nitrogen and oxygen atoms in total. The highest BCUT2D eigenvalue weighted by Gasteiger charge is 2.14. The zero-order chi connectivity index (χ0) is 13.9. The molecule has 3 rings (SSSR count). The Balaban J connectivity index is 1.78. The van der Waals surface area contributed by atoms with Crippen molar-refractivity contribution in [2.24, 2.45) is 5.73 Å². The first-order valence-electron chi connectivity index (χ1n) is 6.81. The Bertz CT molecular complexity index is 595. The van der Waals surface area contributed by atoms with E-state index < -0.39 is 0 Å². The quantitative estimate of drug-likeness (QED) is 0.859. The van der Waals surface area contributed by atoms with Crippen LogP contribution in [0.15, 0.2) is 42.6 Å². The van der Waals surface area contributed by atoms with Crippen LogP contribution in [0.1, 0.15) is 16.7 Å². The SMILES string of the molecule is NC(=S)c1ccc(N2CCc3ccccc3CC2)nc1. The van der Waals surface area contributed by atoms with Crippen LogP contribution in [0.25, 0.3) is 0 Å². The first-order chi connectivity index (χ1) is 9.74. The van der Waals surface area contributed by atoms with Crippen molar-refractivity contribution in [3.8, 4) is 0 Å². The summed E-state index contributed by atoms with van der Waals surface area (Å²) in [5.74, 6) is 0.998. The van der Waals surface area contributed by atoms with Crippen molar-refractivity contribution in [3.05, 3.63) is 59.3 Å². The zero-order valence-electron chi connectivity index (χ0n) is 11.2. The summed E-state index contributed by atoms with van der Waals surface area (Å²) in [5.41, 5.74) is 9.33. The van der Waals surface area contributed by atoms with Gasteiger partial charge in [-0.1, -0.05) is 36.5 Å². The molecule has 1 aliphatic rings. The van der Waals surface area contributed by atoms with Crippen LogP contribution in [-0.4, -0.2) is 23.1 Å². The summed E-state index contributed by atoms with van der Waals surface area (Å²) in [6.07, 6.45) is 3.89. The van der Waals surface area contributed by atoms with Gasteiger partial charge in [0.1, 0.15) is 10.8 Å². The molecule has 0 amide bonds. The maximum atomic E-state index is 5.60. The molecule has 102 valence electrons. The fourth-order valence-corrected chi connectivity index (χ4v) is 2.74. The van der Waals surface area contributed by atoms with Crippen molar-refractivity contribution in [1.29, 1.82) is 0 Å². The molecule has 2 aromatic rings. The average molecular weight is 283 g/mol. The first-order valence-corrected chi connectivity index (χ1v) is 7.22. The van der Waals surface area contributed by atoms with E-state index in [2.05, 4.69) is 34.1 Å². The van der Waals surface area contributed by atoms with Gasteiger partial charge in [-0.2, -0.15) is 0 Å². The van der Waals surface area contributed by atoms with Crippen LogP contribution in [0.4, 0.5) is 5.82 Å². The van der Waals surface area contributed by atoms with Gasteiger partial charge in [0, 0.05) is 24.8 Å². The topological polar surface area (TPSA) is 42.1 Å². The standard InChI is InChI=1S/C16H17N3S/c17-16(20)14-5-6-15(18-11-14)19-9-7-12-3-1-2-4-13(12)8-10-19/h1-6,11H,7-10H2,(H2,17,20). The number of thiocarbonyl (C=S) groups is 1. The van der Waals surface area contributed by atoms with E-state index in [1.807, 2.05) is 12.1 Å². The second-order valence-corrected chi connectivity index (χ2v) is 5.46. The molecule has 1 aromatic carbocycles. The normalized spacial score (nSPS) is 14.5. The lowest BCUT2D eigenvalue weighted by molar-refractivity contribution is 0.791. The maximum absolute atomic E-state index is 5.60. The van der Waals surface area contributed by atoms with E-state index in [0.29, 0.717) is 4.99 Å². The molecule has 1 aromatic heterocycles. The Kier molecular flexibility index (Phi) is 3.65. The third kappa shape index (κ3) is 2.65. The summed E-state index contributed by atoms with van der Waals surface area (Å²) >= 11 is 4.95. The number of benzene rings is 1.